The van der Waals surface area contributed by atoms with Crippen LogP contribution in [0.25, 0.3) is 43.6 Å². The Bertz CT molecular complexity index is 1760. The molecule has 2 aliphatic rings. The minimum Gasteiger partial charge on any atom is -0.257 e. The van der Waals surface area contributed by atoms with Gasteiger partial charge < -0.3 is 0 Å². The molecule has 8 nitrogen and oxygen atoms in total. The Labute approximate surface area is 195 Å². The van der Waals surface area contributed by atoms with E-state index in [1.807, 2.05) is 12.1 Å². The summed E-state index contributed by atoms with van der Waals surface area (Å²) in [7, 11) is 0. The van der Waals surface area contributed by atoms with Crippen LogP contribution in [-0.2, 0) is 19.0 Å². The molecule has 3 aromatic rings. The molecule has 0 bridgehead atoms. The highest BCUT2D eigenvalue weighted by Gasteiger charge is 2.38. The number of hydrogen-bond acceptors (Lipinski definition) is 6. The third kappa shape index (κ3) is 3.04. The number of fused-ring (bicyclic) bond motifs is 6. The van der Waals surface area contributed by atoms with Gasteiger partial charge in [0.25, 0.3) is 11.4 Å². The highest BCUT2D eigenvalue weighted by atomic mass is 19.4. The lowest BCUT2D eigenvalue weighted by Crippen LogP contribution is -2.26. The molecule has 11 heteroatoms. The Morgan fingerprint density at radius 3 is 1.91 bits per heavy atom. The average molecular weight is 466 g/mol. The summed E-state index contributed by atoms with van der Waals surface area (Å²) < 4.78 is 40.5. The van der Waals surface area contributed by atoms with Gasteiger partial charge in [0.1, 0.15) is 0 Å². The van der Waals surface area contributed by atoms with E-state index in [-0.39, 0.29) is 51.6 Å². The zero-order valence-electron chi connectivity index (χ0n) is 17.8. The lowest BCUT2D eigenvalue weighted by Gasteiger charge is -2.13. The van der Waals surface area contributed by atoms with Crippen LogP contribution in [0.5, 0.6) is 0 Å². The quantitative estimate of drug-likeness (QED) is 0.325. The zero-order chi connectivity index (χ0) is 25.1. The Kier molecular flexibility index (Phi) is 4.62. The normalized spacial score (nSPS) is 14.3. The lowest BCUT2D eigenvalue weighted by molar-refractivity contribution is -0.141. The van der Waals surface area contributed by atoms with Crippen LogP contribution in [0.2, 0.25) is 0 Å². The topological polar surface area (TPSA) is 108 Å². The molecule has 0 saturated carbocycles. The zero-order valence-corrected chi connectivity index (χ0v) is 17.8. The van der Waals surface area contributed by atoms with Gasteiger partial charge in [0.2, 0.25) is 0 Å². The molecule has 0 N–H and O–H groups in total. The van der Waals surface area contributed by atoms with Crippen molar-refractivity contribution in [2.75, 3.05) is 0 Å². The van der Waals surface area contributed by atoms with E-state index in [4.69, 9.17) is 13.1 Å². The first-order valence-electron chi connectivity index (χ1n) is 10.0. The fourth-order valence-electron chi connectivity index (χ4n) is 4.58. The maximum atomic E-state index is 13.5. The van der Waals surface area contributed by atoms with Crippen molar-refractivity contribution in [2.24, 2.45) is 0 Å². The van der Waals surface area contributed by atoms with Crippen molar-refractivity contribution in [3.8, 4) is 34.7 Å². The highest BCUT2D eigenvalue weighted by molar-refractivity contribution is 5.90. The van der Waals surface area contributed by atoms with Crippen LogP contribution in [0.4, 0.5) is 13.2 Å². The summed E-state index contributed by atoms with van der Waals surface area (Å²) >= 11 is 0. The van der Waals surface area contributed by atoms with Crippen LogP contribution in [0, 0.1) is 42.7 Å². The SMILES string of the molecule is [C-]#[N+]/C(C#N)=c1\c2c(/c(=C(/C#N)[N+]#[C-])c3c1Cc1ncc(C(F)(F)F)nc1-3)-c1nc(C)cnc1C2. The molecule has 166 valence electrons. The first-order chi connectivity index (χ1) is 16.7. The van der Waals surface area contributed by atoms with Crippen LogP contribution >= 0.6 is 0 Å². The smallest absolute Gasteiger partial charge is 0.257 e. The van der Waals surface area contributed by atoms with Crippen molar-refractivity contribution in [3.63, 3.8) is 0 Å². The van der Waals surface area contributed by atoms with E-state index in [9.17, 15) is 23.7 Å². The molecular weight excluding hydrogens is 457 g/mol. The van der Waals surface area contributed by atoms with E-state index in [1.165, 1.54) is 0 Å². The number of hydrogen-bond donors (Lipinski definition) is 0. The van der Waals surface area contributed by atoms with Gasteiger partial charge in [0, 0.05) is 40.6 Å². The maximum absolute atomic E-state index is 13.5. The molecule has 0 unspecified atom stereocenters. The predicted octanol–water partition coefficient (Wildman–Crippen LogP) is 2.84. The minimum atomic E-state index is -4.78. The monoisotopic (exact) mass is 466 g/mol. The van der Waals surface area contributed by atoms with E-state index >= 15 is 0 Å². The molecule has 0 spiro atoms. The van der Waals surface area contributed by atoms with Gasteiger partial charge in [-0.05, 0) is 18.1 Å². The molecule has 0 amide bonds. The average Bonchev–Trinajstić information content (AvgIpc) is 3.38. The first-order valence-corrected chi connectivity index (χ1v) is 10.0. The van der Waals surface area contributed by atoms with Gasteiger partial charge in [-0.25, -0.2) is 30.2 Å². The molecule has 5 rings (SSSR count). The maximum Gasteiger partial charge on any atom is 0.434 e. The molecule has 2 aliphatic carbocycles. The number of rotatable bonds is 0. The van der Waals surface area contributed by atoms with E-state index < -0.39 is 11.9 Å². The number of benzene rings is 1. The second-order valence-electron chi connectivity index (χ2n) is 7.81. The number of aromatic nitrogens is 4. The van der Waals surface area contributed by atoms with Gasteiger partial charge in [-0.15, -0.1) is 0 Å². The van der Waals surface area contributed by atoms with E-state index in [2.05, 4.69) is 29.6 Å². The Morgan fingerprint density at radius 1 is 0.886 bits per heavy atom. The molecule has 0 saturated heterocycles. The second kappa shape index (κ2) is 7.45. The fourth-order valence-corrected chi connectivity index (χ4v) is 4.58. The minimum absolute atomic E-state index is 0.0148. The lowest BCUT2D eigenvalue weighted by atomic mass is 9.92. The number of halogens is 3. The molecule has 0 fully saturated rings. The van der Waals surface area contributed by atoms with Crippen LogP contribution in [0.15, 0.2) is 12.4 Å². The number of alkyl halides is 3. The second-order valence-corrected chi connectivity index (χ2v) is 7.81. The number of aryl methyl sites for hydroxylation is 1. The summed E-state index contributed by atoms with van der Waals surface area (Å²) in [4.78, 5) is 23.4. The van der Waals surface area contributed by atoms with Crippen molar-refractivity contribution in [3.05, 3.63) is 79.6 Å². The molecule has 0 radical (unpaired) electrons. The number of nitrogens with zero attached hydrogens (tertiary/aromatic N) is 8. The Hall–Kier alpha value is -5.13. The summed E-state index contributed by atoms with van der Waals surface area (Å²) in [5.74, 6) is 0. The summed E-state index contributed by atoms with van der Waals surface area (Å²) in [6.45, 7) is 16.8. The summed E-state index contributed by atoms with van der Waals surface area (Å²) in [5.41, 5.74) is 0.808. The summed E-state index contributed by atoms with van der Waals surface area (Å²) in [6.07, 6.45) is -2.45. The van der Waals surface area contributed by atoms with E-state index in [0.29, 0.717) is 40.0 Å². The fraction of sp³-hybridized carbons (Fsp3) is 0.167. The van der Waals surface area contributed by atoms with Gasteiger partial charge in [-0.1, -0.05) is 0 Å². The van der Waals surface area contributed by atoms with Crippen molar-refractivity contribution in [2.45, 2.75) is 25.9 Å². The molecule has 35 heavy (non-hydrogen) atoms. The molecule has 2 heterocycles. The van der Waals surface area contributed by atoms with Crippen molar-refractivity contribution in [1.29, 1.82) is 10.5 Å². The molecule has 0 aliphatic heterocycles. The van der Waals surface area contributed by atoms with Gasteiger partial charge in [0.15, 0.2) is 5.69 Å². The van der Waals surface area contributed by atoms with Crippen molar-refractivity contribution in [1.82, 2.24) is 19.9 Å². The third-order valence-electron chi connectivity index (χ3n) is 5.89. The van der Waals surface area contributed by atoms with E-state index in [0.717, 1.165) is 0 Å². The Morgan fingerprint density at radius 2 is 1.40 bits per heavy atom. The van der Waals surface area contributed by atoms with Gasteiger partial charge >= 0.3 is 6.18 Å². The van der Waals surface area contributed by atoms with Gasteiger partial charge in [0.05, 0.1) is 59.9 Å². The van der Waals surface area contributed by atoms with Crippen LogP contribution in [0.3, 0.4) is 0 Å². The van der Waals surface area contributed by atoms with Crippen molar-refractivity contribution >= 4 is 11.4 Å². The van der Waals surface area contributed by atoms with E-state index in [1.54, 1.807) is 13.1 Å². The first kappa shape index (κ1) is 21.7. The third-order valence-corrected chi connectivity index (χ3v) is 5.89. The standard InChI is InChI=1S/C24H9F3N8/c1-10-8-32-13-4-11-18(15(6-28)30-2)12-5-14-23(35-17(9-33-14)24(25,26)27)20(12)21(16(7-29)31-3)19(11)22(13)34-10/h8-9H,4-5H2,1H3/b18-15+,21-16+. The summed E-state index contributed by atoms with van der Waals surface area (Å²) in [6, 6.07) is 3.71. The number of nitriles is 2. The van der Waals surface area contributed by atoms with Crippen molar-refractivity contribution < 1.29 is 13.2 Å². The van der Waals surface area contributed by atoms with Crippen LogP contribution in [-0.4, -0.2) is 19.9 Å². The van der Waals surface area contributed by atoms with Crippen LogP contribution in [0.1, 0.15) is 33.9 Å². The molecule has 0 atom stereocenters. The molecule has 2 aromatic heterocycles. The van der Waals surface area contributed by atoms with Gasteiger partial charge in [-0.3, -0.25) is 9.97 Å². The van der Waals surface area contributed by atoms with Crippen LogP contribution < -0.4 is 10.4 Å². The Balaban J connectivity index is 2.11. The molecule has 1 aromatic carbocycles. The summed E-state index contributed by atoms with van der Waals surface area (Å²) in [5, 5.41) is 19.8. The highest BCUT2D eigenvalue weighted by Crippen LogP contribution is 2.39. The predicted molar refractivity (Wildman–Crippen MR) is 114 cm³/mol. The largest absolute Gasteiger partial charge is 0.434 e. The molecular formula is C24H9F3N8. The van der Waals surface area contributed by atoms with Gasteiger partial charge in [-0.2, -0.15) is 13.2 Å².